The van der Waals surface area contributed by atoms with Crippen LogP contribution in [0.1, 0.15) is 35.9 Å². The van der Waals surface area contributed by atoms with Crippen molar-refractivity contribution in [2.45, 2.75) is 33.4 Å². The molecule has 39 heavy (non-hydrogen) atoms. The minimum absolute atomic E-state index is 0.311. The second-order valence-corrected chi connectivity index (χ2v) is 9.16. The van der Waals surface area contributed by atoms with Gasteiger partial charge >= 0.3 is 5.97 Å². The van der Waals surface area contributed by atoms with E-state index in [1.807, 2.05) is 104 Å². The molecule has 0 aliphatic carbocycles. The SMILES string of the molecule is CCC(=Cc1cn(Cc2ccc(OCc3nc(-c4ccccc4)oc3C)cc2)cc1-c1ccccn1)C(=O)O. The van der Waals surface area contributed by atoms with Crippen LogP contribution in [0.4, 0.5) is 0 Å². The highest BCUT2D eigenvalue weighted by molar-refractivity contribution is 5.93. The lowest BCUT2D eigenvalue weighted by molar-refractivity contribution is -0.132. The van der Waals surface area contributed by atoms with Crippen LogP contribution < -0.4 is 4.74 Å². The number of aromatic nitrogens is 3. The first-order chi connectivity index (χ1) is 19.0. The van der Waals surface area contributed by atoms with Crippen molar-refractivity contribution >= 4 is 12.0 Å². The van der Waals surface area contributed by atoms with Crippen LogP contribution in [0.15, 0.2) is 101 Å². The first-order valence-electron chi connectivity index (χ1n) is 12.8. The average Bonchev–Trinajstić information content (AvgIpc) is 3.54. The van der Waals surface area contributed by atoms with Crippen molar-refractivity contribution in [1.29, 1.82) is 0 Å². The maximum Gasteiger partial charge on any atom is 0.331 e. The van der Waals surface area contributed by atoms with Gasteiger partial charge in [0.25, 0.3) is 0 Å². The molecule has 0 aliphatic rings. The Bertz CT molecular complexity index is 1580. The molecule has 0 bridgehead atoms. The van der Waals surface area contributed by atoms with E-state index < -0.39 is 5.97 Å². The van der Waals surface area contributed by atoms with Gasteiger partial charge in [-0.25, -0.2) is 9.78 Å². The predicted octanol–water partition coefficient (Wildman–Crippen LogP) is 7.02. The van der Waals surface area contributed by atoms with Crippen molar-refractivity contribution < 1.29 is 19.1 Å². The molecule has 7 nitrogen and oxygen atoms in total. The van der Waals surface area contributed by atoms with Crippen molar-refractivity contribution in [3.63, 3.8) is 0 Å². The summed E-state index contributed by atoms with van der Waals surface area (Å²) in [5.41, 5.74) is 5.64. The largest absolute Gasteiger partial charge is 0.487 e. The fraction of sp³-hybridized carbons (Fsp3) is 0.156. The van der Waals surface area contributed by atoms with Crippen molar-refractivity contribution in [3.05, 3.63) is 120 Å². The predicted molar refractivity (Wildman–Crippen MR) is 150 cm³/mol. The molecule has 0 saturated heterocycles. The molecule has 7 heteroatoms. The molecule has 0 amide bonds. The highest BCUT2D eigenvalue weighted by Gasteiger charge is 2.14. The highest BCUT2D eigenvalue weighted by Crippen LogP contribution is 2.27. The zero-order valence-electron chi connectivity index (χ0n) is 21.9. The highest BCUT2D eigenvalue weighted by atomic mass is 16.5. The quantitative estimate of drug-likeness (QED) is 0.199. The summed E-state index contributed by atoms with van der Waals surface area (Å²) in [6.45, 7) is 4.66. The molecule has 0 spiro atoms. The molecular weight excluding hydrogens is 490 g/mol. The second-order valence-electron chi connectivity index (χ2n) is 9.16. The van der Waals surface area contributed by atoms with E-state index in [0.717, 1.165) is 45.2 Å². The number of hydrogen-bond donors (Lipinski definition) is 1. The van der Waals surface area contributed by atoms with E-state index in [4.69, 9.17) is 9.15 Å². The van der Waals surface area contributed by atoms with Crippen LogP contribution in [-0.4, -0.2) is 25.6 Å². The van der Waals surface area contributed by atoms with Crippen LogP contribution in [0, 0.1) is 6.92 Å². The summed E-state index contributed by atoms with van der Waals surface area (Å²) in [6, 6.07) is 23.4. The molecule has 0 aliphatic heterocycles. The van der Waals surface area contributed by atoms with Crippen molar-refractivity contribution in [1.82, 2.24) is 14.5 Å². The first-order valence-corrected chi connectivity index (χ1v) is 12.8. The Balaban J connectivity index is 1.29. The van der Waals surface area contributed by atoms with E-state index in [1.165, 1.54) is 0 Å². The molecule has 0 unspecified atom stereocenters. The van der Waals surface area contributed by atoms with Crippen LogP contribution in [0.25, 0.3) is 28.8 Å². The molecule has 0 saturated carbocycles. The fourth-order valence-corrected chi connectivity index (χ4v) is 4.29. The maximum absolute atomic E-state index is 11.6. The number of hydrogen-bond acceptors (Lipinski definition) is 5. The number of rotatable bonds is 10. The number of pyridine rings is 1. The third-order valence-electron chi connectivity index (χ3n) is 6.41. The minimum atomic E-state index is -0.912. The Morgan fingerprint density at radius 1 is 1.03 bits per heavy atom. The Labute approximate surface area is 227 Å². The lowest BCUT2D eigenvalue weighted by Gasteiger charge is -2.07. The van der Waals surface area contributed by atoms with E-state index in [-0.39, 0.29) is 0 Å². The standard InChI is InChI=1S/C32H29N3O4/c1-3-24(32(36)37)17-26-19-35(20-28(26)29-11-7-8-16-33-29)18-23-12-14-27(15-13-23)38-21-30-22(2)39-31(34-30)25-9-5-4-6-10-25/h4-17,19-20H,3,18,21H2,1-2H3,(H,36,37). The second kappa shape index (κ2) is 11.6. The van der Waals surface area contributed by atoms with Gasteiger partial charge in [-0.2, -0.15) is 0 Å². The number of carboxylic acid groups (broad SMARTS) is 1. The van der Waals surface area contributed by atoms with Gasteiger partial charge < -0.3 is 18.8 Å². The summed E-state index contributed by atoms with van der Waals surface area (Å²) in [5.74, 6) is 1.15. The molecule has 2 aromatic carbocycles. The zero-order valence-corrected chi connectivity index (χ0v) is 21.9. The fourth-order valence-electron chi connectivity index (χ4n) is 4.29. The number of ether oxygens (including phenoxy) is 1. The smallest absolute Gasteiger partial charge is 0.331 e. The minimum Gasteiger partial charge on any atom is -0.487 e. The normalized spacial score (nSPS) is 11.5. The summed E-state index contributed by atoms with van der Waals surface area (Å²) < 4.78 is 13.9. The van der Waals surface area contributed by atoms with Gasteiger partial charge in [0.2, 0.25) is 5.89 Å². The van der Waals surface area contributed by atoms with E-state index in [9.17, 15) is 9.90 Å². The van der Waals surface area contributed by atoms with Crippen molar-refractivity contribution in [2.75, 3.05) is 0 Å². The maximum atomic E-state index is 11.6. The number of nitrogens with zero attached hydrogens (tertiary/aromatic N) is 3. The molecule has 5 rings (SSSR count). The zero-order chi connectivity index (χ0) is 27.2. The van der Waals surface area contributed by atoms with Crippen LogP contribution in [-0.2, 0) is 17.9 Å². The van der Waals surface area contributed by atoms with Gasteiger partial charge in [0.15, 0.2) is 0 Å². The molecule has 5 aromatic rings. The number of aryl methyl sites for hydroxylation is 1. The first kappa shape index (κ1) is 25.7. The summed E-state index contributed by atoms with van der Waals surface area (Å²) in [5, 5.41) is 9.54. The molecular formula is C32H29N3O4. The van der Waals surface area contributed by atoms with Crippen molar-refractivity contribution in [2.24, 2.45) is 0 Å². The summed E-state index contributed by atoms with van der Waals surface area (Å²) in [4.78, 5) is 20.7. The van der Waals surface area contributed by atoms with Crippen molar-refractivity contribution in [3.8, 4) is 28.5 Å². The Hall–Kier alpha value is -4.91. The Morgan fingerprint density at radius 3 is 2.49 bits per heavy atom. The molecule has 1 N–H and O–H groups in total. The van der Waals surface area contributed by atoms with E-state index in [1.54, 1.807) is 12.3 Å². The van der Waals surface area contributed by atoms with Gasteiger partial charge in [-0.3, -0.25) is 4.98 Å². The van der Waals surface area contributed by atoms with Crippen LogP contribution >= 0.6 is 0 Å². The lowest BCUT2D eigenvalue weighted by Crippen LogP contribution is -1.99. The monoisotopic (exact) mass is 519 g/mol. The third kappa shape index (κ3) is 6.15. The lowest BCUT2D eigenvalue weighted by atomic mass is 10.1. The van der Waals surface area contributed by atoms with E-state index in [0.29, 0.717) is 31.0 Å². The number of benzene rings is 2. The number of carbonyl (C=O) groups is 1. The Kier molecular flexibility index (Phi) is 7.68. The molecule has 0 radical (unpaired) electrons. The van der Waals surface area contributed by atoms with Gasteiger partial charge in [0, 0.05) is 47.4 Å². The number of carboxylic acids is 1. The van der Waals surface area contributed by atoms with Gasteiger partial charge in [-0.15, -0.1) is 0 Å². The van der Waals surface area contributed by atoms with E-state index in [2.05, 4.69) is 9.97 Å². The third-order valence-corrected chi connectivity index (χ3v) is 6.41. The number of oxazole rings is 1. The van der Waals surface area contributed by atoms with Gasteiger partial charge in [0.1, 0.15) is 23.8 Å². The molecule has 196 valence electrons. The van der Waals surface area contributed by atoms with Gasteiger partial charge in [0.05, 0.1) is 5.69 Å². The van der Waals surface area contributed by atoms with Gasteiger partial charge in [-0.05, 0) is 61.4 Å². The number of aliphatic carboxylic acids is 1. The van der Waals surface area contributed by atoms with Crippen LogP contribution in [0.5, 0.6) is 5.75 Å². The van der Waals surface area contributed by atoms with E-state index >= 15 is 0 Å². The van der Waals surface area contributed by atoms with Crippen LogP contribution in [0.3, 0.4) is 0 Å². The molecule has 3 aromatic heterocycles. The molecule has 0 fully saturated rings. The Morgan fingerprint density at radius 2 is 1.79 bits per heavy atom. The van der Waals surface area contributed by atoms with Gasteiger partial charge in [-0.1, -0.05) is 43.3 Å². The summed E-state index contributed by atoms with van der Waals surface area (Å²) in [6.07, 6.45) is 7.87. The molecule has 0 atom stereocenters. The molecule has 3 heterocycles. The average molecular weight is 520 g/mol. The summed E-state index contributed by atoms with van der Waals surface area (Å²) in [7, 11) is 0. The summed E-state index contributed by atoms with van der Waals surface area (Å²) >= 11 is 0. The topological polar surface area (TPSA) is 90.4 Å². The van der Waals surface area contributed by atoms with Crippen LogP contribution in [0.2, 0.25) is 0 Å².